The van der Waals surface area contributed by atoms with E-state index in [0.29, 0.717) is 13.0 Å². The van der Waals surface area contributed by atoms with Crippen LogP contribution in [0.3, 0.4) is 0 Å². The molecule has 0 atom stereocenters. The molecule has 0 saturated carbocycles. The lowest BCUT2D eigenvalue weighted by molar-refractivity contribution is -0.136. The van der Waals surface area contributed by atoms with Crippen LogP contribution in [0.15, 0.2) is 12.7 Å². The molecule has 0 spiro atoms. The van der Waals surface area contributed by atoms with Crippen LogP contribution in [0.4, 0.5) is 0 Å². The van der Waals surface area contributed by atoms with Gasteiger partial charge < -0.3 is 5.11 Å². The molecule has 0 aliphatic carbocycles. The molecule has 0 aliphatic heterocycles. The molecule has 0 heterocycles. The lowest BCUT2D eigenvalue weighted by Crippen LogP contribution is -1.90. The maximum atomic E-state index is 9.71. The maximum absolute atomic E-state index is 9.71. The number of aliphatic carboxylic acids is 1. The van der Waals surface area contributed by atoms with Gasteiger partial charge in [-0.05, 0) is 12.8 Å². The van der Waals surface area contributed by atoms with Gasteiger partial charge in [-0.15, -0.1) is 6.58 Å². The van der Waals surface area contributed by atoms with E-state index in [-0.39, 0.29) is 6.42 Å². The lowest BCUT2D eigenvalue weighted by atomic mass is 10.3. The molecule has 0 aromatic carbocycles. The Morgan fingerprint density at radius 2 is 2.14 bits per heavy atom. The molecule has 0 rings (SSSR count). The van der Waals surface area contributed by atoms with Crippen LogP contribution in [0, 0.1) is 0 Å². The van der Waals surface area contributed by atoms with E-state index in [9.17, 15) is 13.2 Å². The molecular weight excluding hydrogens is 208 g/mol. The molecule has 6 heteroatoms. The van der Waals surface area contributed by atoms with E-state index in [1.807, 2.05) is 6.92 Å². The normalized spacial score (nSPS) is 9.00. The SMILES string of the molecule is C=CCCC(=O)O.CCCO[SH](=O)=O. The van der Waals surface area contributed by atoms with E-state index >= 15 is 0 Å². The van der Waals surface area contributed by atoms with Gasteiger partial charge in [-0.3, -0.25) is 8.98 Å². The first-order chi connectivity index (χ1) is 6.54. The minimum atomic E-state index is -2.61. The van der Waals surface area contributed by atoms with Crippen molar-refractivity contribution in [3.8, 4) is 0 Å². The molecule has 0 radical (unpaired) electrons. The Morgan fingerprint density at radius 1 is 1.57 bits per heavy atom. The van der Waals surface area contributed by atoms with Crippen molar-refractivity contribution in [2.45, 2.75) is 26.2 Å². The molecule has 14 heavy (non-hydrogen) atoms. The molecule has 0 saturated heterocycles. The summed E-state index contributed by atoms with van der Waals surface area (Å²) in [7, 11) is -2.61. The second kappa shape index (κ2) is 12.1. The molecule has 0 amide bonds. The standard InChI is InChI=1S/C5H8O2.C3H8O3S/c1-2-3-4-5(6)7;1-2-3-6-7(4)5/h2H,1,3-4H2,(H,6,7);7H,2-3H2,1H3. The zero-order chi connectivity index (χ0) is 11.4. The molecule has 0 aliphatic rings. The van der Waals surface area contributed by atoms with Crippen LogP contribution in [-0.2, 0) is 20.0 Å². The summed E-state index contributed by atoms with van der Waals surface area (Å²) < 4.78 is 23.3. The Balaban J connectivity index is 0. The summed E-state index contributed by atoms with van der Waals surface area (Å²) in [6, 6.07) is 0. The molecule has 0 unspecified atom stereocenters. The highest BCUT2D eigenvalue weighted by molar-refractivity contribution is 7.67. The number of hydrogen-bond donors (Lipinski definition) is 2. The van der Waals surface area contributed by atoms with E-state index in [2.05, 4.69) is 10.8 Å². The number of carboxylic acid groups (broad SMARTS) is 1. The van der Waals surface area contributed by atoms with Gasteiger partial charge in [0, 0.05) is 6.42 Å². The van der Waals surface area contributed by atoms with Crippen LogP contribution in [0.2, 0.25) is 0 Å². The molecule has 0 fully saturated rings. The largest absolute Gasteiger partial charge is 0.481 e. The second-order valence-electron chi connectivity index (χ2n) is 2.28. The predicted molar refractivity (Wildman–Crippen MR) is 53.6 cm³/mol. The zero-order valence-corrected chi connectivity index (χ0v) is 9.03. The summed E-state index contributed by atoms with van der Waals surface area (Å²) in [6.45, 7) is 5.52. The fraction of sp³-hybridized carbons (Fsp3) is 0.625. The average Bonchev–Trinajstić information content (AvgIpc) is 2.12. The van der Waals surface area contributed by atoms with Gasteiger partial charge in [0.1, 0.15) is 0 Å². The van der Waals surface area contributed by atoms with Crippen LogP contribution in [0.1, 0.15) is 26.2 Å². The van der Waals surface area contributed by atoms with Crippen molar-refractivity contribution in [1.29, 1.82) is 0 Å². The van der Waals surface area contributed by atoms with Crippen molar-refractivity contribution >= 4 is 17.0 Å². The Kier molecular flexibility index (Phi) is 13.5. The smallest absolute Gasteiger partial charge is 0.303 e. The van der Waals surface area contributed by atoms with Gasteiger partial charge in [-0.2, -0.15) is 0 Å². The third-order valence-corrected chi connectivity index (χ3v) is 1.36. The fourth-order valence-corrected chi connectivity index (χ4v) is 0.723. The van der Waals surface area contributed by atoms with Crippen LogP contribution < -0.4 is 0 Å². The summed E-state index contributed by atoms with van der Waals surface area (Å²) in [6.07, 6.45) is 3.09. The summed E-state index contributed by atoms with van der Waals surface area (Å²) in [5, 5.41) is 8.00. The average molecular weight is 224 g/mol. The maximum Gasteiger partial charge on any atom is 0.303 e. The van der Waals surface area contributed by atoms with Crippen molar-refractivity contribution in [1.82, 2.24) is 0 Å². The van der Waals surface area contributed by atoms with Gasteiger partial charge in [0.15, 0.2) is 0 Å². The number of rotatable bonds is 6. The molecule has 0 aromatic rings. The Labute approximate surface area is 85.5 Å². The summed E-state index contributed by atoms with van der Waals surface area (Å²) in [4.78, 5) is 9.71. The van der Waals surface area contributed by atoms with E-state index in [1.165, 1.54) is 0 Å². The first-order valence-corrected chi connectivity index (χ1v) is 5.24. The molecule has 5 nitrogen and oxygen atoms in total. The van der Waals surface area contributed by atoms with Crippen LogP contribution in [0.5, 0.6) is 0 Å². The first-order valence-electron chi connectivity index (χ1n) is 4.14. The van der Waals surface area contributed by atoms with Crippen molar-refractivity contribution in [2.75, 3.05) is 6.61 Å². The van der Waals surface area contributed by atoms with Gasteiger partial charge in [0.2, 0.25) is 0 Å². The minimum Gasteiger partial charge on any atom is -0.481 e. The molecule has 0 aromatic heterocycles. The second-order valence-corrected chi connectivity index (χ2v) is 2.98. The number of thiol groups is 1. The first kappa shape index (κ1) is 15.6. The van der Waals surface area contributed by atoms with Crippen molar-refractivity contribution in [2.24, 2.45) is 0 Å². The van der Waals surface area contributed by atoms with E-state index in [1.54, 1.807) is 6.08 Å². The van der Waals surface area contributed by atoms with Gasteiger partial charge in [-0.25, -0.2) is 8.42 Å². The summed E-state index contributed by atoms with van der Waals surface area (Å²) in [5.41, 5.74) is 0. The predicted octanol–water partition coefficient (Wildman–Crippen LogP) is 0.977. The van der Waals surface area contributed by atoms with Crippen molar-refractivity contribution in [3.63, 3.8) is 0 Å². The van der Waals surface area contributed by atoms with E-state index < -0.39 is 17.0 Å². The van der Waals surface area contributed by atoms with Crippen molar-refractivity contribution < 1.29 is 22.5 Å². The summed E-state index contributed by atoms with van der Waals surface area (Å²) >= 11 is 0. The number of hydrogen-bond acceptors (Lipinski definition) is 4. The van der Waals surface area contributed by atoms with E-state index in [4.69, 9.17) is 5.11 Å². The van der Waals surface area contributed by atoms with E-state index in [0.717, 1.165) is 6.42 Å². The quantitative estimate of drug-likeness (QED) is 0.519. The minimum absolute atomic E-state index is 0.198. The number of carboxylic acids is 1. The van der Waals surface area contributed by atoms with Gasteiger partial charge in [0.25, 0.3) is 11.0 Å². The summed E-state index contributed by atoms with van der Waals surface area (Å²) in [5.74, 6) is -0.764. The third kappa shape index (κ3) is 22.5. The molecule has 84 valence electrons. The fourth-order valence-electron chi connectivity index (χ4n) is 0.391. The molecular formula is C8H16O5S. The third-order valence-electron chi connectivity index (χ3n) is 0.963. The van der Waals surface area contributed by atoms with Crippen LogP contribution in [-0.4, -0.2) is 26.1 Å². The molecule has 0 bridgehead atoms. The Morgan fingerprint density at radius 3 is 2.29 bits per heavy atom. The highest BCUT2D eigenvalue weighted by Gasteiger charge is 1.89. The number of allylic oxidation sites excluding steroid dienone is 1. The monoisotopic (exact) mass is 224 g/mol. The highest BCUT2D eigenvalue weighted by Crippen LogP contribution is 1.86. The van der Waals surface area contributed by atoms with Gasteiger partial charge >= 0.3 is 5.97 Å². The van der Waals surface area contributed by atoms with Gasteiger partial charge in [0.05, 0.1) is 6.61 Å². The Hall–Kier alpha value is -0.880. The Bertz CT molecular complexity index is 214. The zero-order valence-electron chi connectivity index (χ0n) is 8.14. The topological polar surface area (TPSA) is 80.7 Å². The number of carbonyl (C=O) groups is 1. The van der Waals surface area contributed by atoms with Gasteiger partial charge in [-0.1, -0.05) is 13.0 Å². The molecule has 1 N–H and O–H groups in total. The highest BCUT2D eigenvalue weighted by atomic mass is 32.2. The van der Waals surface area contributed by atoms with Crippen LogP contribution >= 0.6 is 0 Å². The van der Waals surface area contributed by atoms with Crippen molar-refractivity contribution in [3.05, 3.63) is 12.7 Å². The van der Waals surface area contributed by atoms with Crippen LogP contribution in [0.25, 0.3) is 0 Å². The lowest BCUT2D eigenvalue weighted by Gasteiger charge is -1.84.